The zero-order valence-electron chi connectivity index (χ0n) is 10.5. The number of phenolic OH excluding ortho intramolecular Hbond substituents is 1. The van der Waals surface area contributed by atoms with Crippen molar-refractivity contribution in [2.45, 2.75) is 19.8 Å². The van der Waals surface area contributed by atoms with Gasteiger partial charge in [-0.15, -0.1) is 0 Å². The van der Waals surface area contributed by atoms with Gasteiger partial charge in [0.05, 0.1) is 0 Å². The van der Waals surface area contributed by atoms with Gasteiger partial charge in [0.2, 0.25) is 0 Å². The Morgan fingerprint density at radius 2 is 2.12 bits per heavy atom. The van der Waals surface area contributed by atoms with E-state index in [1.807, 2.05) is 18.3 Å². The van der Waals surface area contributed by atoms with Crippen LogP contribution in [-0.2, 0) is 6.42 Å². The van der Waals surface area contributed by atoms with Crippen molar-refractivity contribution in [3.63, 3.8) is 0 Å². The zero-order chi connectivity index (χ0) is 12.3. The Balaban J connectivity index is 2.14. The van der Waals surface area contributed by atoms with Crippen LogP contribution in [0.2, 0.25) is 0 Å². The first kappa shape index (κ1) is 12.0. The highest BCUT2D eigenvalue weighted by Gasteiger charge is 2.08. The fourth-order valence-corrected chi connectivity index (χ4v) is 2.24. The van der Waals surface area contributed by atoms with Crippen LogP contribution in [0.25, 0.3) is 10.9 Å². The van der Waals surface area contributed by atoms with E-state index in [1.165, 1.54) is 12.0 Å². The second kappa shape index (κ2) is 5.23. The molecule has 0 saturated heterocycles. The zero-order valence-corrected chi connectivity index (χ0v) is 10.5. The molecule has 3 nitrogen and oxygen atoms in total. The third kappa shape index (κ3) is 2.61. The van der Waals surface area contributed by atoms with E-state index in [2.05, 4.69) is 23.9 Å². The van der Waals surface area contributed by atoms with Crippen LogP contribution in [-0.4, -0.2) is 35.1 Å². The number of aromatic nitrogens is 1. The van der Waals surface area contributed by atoms with Crippen molar-refractivity contribution in [3.05, 3.63) is 30.0 Å². The molecule has 0 saturated carbocycles. The Morgan fingerprint density at radius 1 is 1.29 bits per heavy atom. The van der Waals surface area contributed by atoms with Crippen LogP contribution < -0.4 is 0 Å². The average Bonchev–Trinajstić information content (AvgIpc) is 2.71. The molecule has 0 aliphatic heterocycles. The summed E-state index contributed by atoms with van der Waals surface area (Å²) in [5.41, 5.74) is 2.21. The Morgan fingerprint density at radius 3 is 2.88 bits per heavy atom. The minimum absolute atomic E-state index is 0.372. The number of fused-ring (bicyclic) bond motifs is 1. The quantitative estimate of drug-likeness (QED) is 0.832. The lowest BCUT2D eigenvalue weighted by Crippen LogP contribution is -2.21. The van der Waals surface area contributed by atoms with Gasteiger partial charge in [-0.2, -0.15) is 0 Å². The molecule has 0 atom stereocenters. The first-order valence-electron chi connectivity index (χ1n) is 6.19. The van der Waals surface area contributed by atoms with Crippen LogP contribution in [0, 0.1) is 0 Å². The number of aromatic amines is 1. The molecule has 2 rings (SSSR count). The van der Waals surface area contributed by atoms with E-state index in [9.17, 15) is 5.11 Å². The number of benzene rings is 1. The van der Waals surface area contributed by atoms with E-state index in [1.54, 1.807) is 6.07 Å². The molecular weight excluding hydrogens is 212 g/mol. The Kier molecular flexibility index (Phi) is 3.69. The Labute approximate surface area is 102 Å². The van der Waals surface area contributed by atoms with Crippen LogP contribution in [0.4, 0.5) is 0 Å². The minimum atomic E-state index is 0.372. The van der Waals surface area contributed by atoms with Crippen molar-refractivity contribution in [2.75, 3.05) is 20.1 Å². The maximum absolute atomic E-state index is 9.88. The molecular formula is C14H20N2O. The van der Waals surface area contributed by atoms with Gasteiger partial charge in [0.15, 0.2) is 0 Å². The average molecular weight is 232 g/mol. The minimum Gasteiger partial charge on any atom is -0.507 e. The van der Waals surface area contributed by atoms with Gasteiger partial charge in [-0.05, 0) is 44.1 Å². The fourth-order valence-electron chi connectivity index (χ4n) is 2.24. The van der Waals surface area contributed by atoms with Crippen molar-refractivity contribution in [3.8, 4) is 5.75 Å². The standard InChI is InChI=1S/C14H20N2O/c1-3-8-16(2)9-7-11-10-15-12-5-4-6-13(17)14(11)12/h4-6,10,15,17H,3,7-9H2,1-2H3. The van der Waals surface area contributed by atoms with Crippen LogP contribution in [0.3, 0.4) is 0 Å². The fraction of sp³-hybridized carbons (Fsp3) is 0.429. The second-order valence-corrected chi connectivity index (χ2v) is 4.57. The molecule has 0 aliphatic carbocycles. The second-order valence-electron chi connectivity index (χ2n) is 4.57. The molecule has 1 aromatic heterocycles. The molecule has 17 heavy (non-hydrogen) atoms. The molecule has 92 valence electrons. The summed E-state index contributed by atoms with van der Waals surface area (Å²) in [7, 11) is 2.14. The summed E-state index contributed by atoms with van der Waals surface area (Å²) in [5.74, 6) is 0.372. The molecule has 0 amide bonds. The number of nitrogens with one attached hydrogen (secondary N) is 1. The highest BCUT2D eigenvalue weighted by Crippen LogP contribution is 2.27. The number of nitrogens with zero attached hydrogens (tertiary/aromatic N) is 1. The first-order valence-corrected chi connectivity index (χ1v) is 6.19. The molecule has 0 unspecified atom stereocenters. The molecule has 2 N–H and O–H groups in total. The van der Waals surface area contributed by atoms with E-state index in [0.717, 1.165) is 30.4 Å². The monoisotopic (exact) mass is 232 g/mol. The number of H-pyrrole nitrogens is 1. The van der Waals surface area contributed by atoms with E-state index >= 15 is 0 Å². The Hall–Kier alpha value is -1.48. The molecule has 0 fully saturated rings. The van der Waals surface area contributed by atoms with Gasteiger partial charge in [-0.1, -0.05) is 13.0 Å². The molecule has 2 aromatic rings. The van der Waals surface area contributed by atoms with Crippen molar-refractivity contribution in [2.24, 2.45) is 0 Å². The third-order valence-corrected chi connectivity index (χ3v) is 3.13. The predicted molar refractivity (Wildman–Crippen MR) is 71.5 cm³/mol. The Bertz CT molecular complexity index is 490. The van der Waals surface area contributed by atoms with Gasteiger partial charge in [-0.3, -0.25) is 0 Å². The molecule has 0 radical (unpaired) electrons. The molecule has 3 heteroatoms. The smallest absolute Gasteiger partial charge is 0.125 e. The maximum Gasteiger partial charge on any atom is 0.125 e. The van der Waals surface area contributed by atoms with E-state index in [-0.39, 0.29) is 0 Å². The van der Waals surface area contributed by atoms with Crippen molar-refractivity contribution >= 4 is 10.9 Å². The predicted octanol–water partition coefficient (Wildman–Crippen LogP) is 2.76. The van der Waals surface area contributed by atoms with E-state index in [4.69, 9.17) is 0 Å². The number of phenols is 1. The first-order chi connectivity index (χ1) is 8.22. The summed E-state index contributed by atoms with van der Waals surface area (Å²) in [6.45, 7) is 4.33. The van der Waals surface area contributed by atoms with Gasteiger partial charge in [-0.25, -0.2) is 0 Å². The number of hydrogen-bond donors (Lipinski definition) is 2. The van der Waals surface area contributed by atoms with Gasteiger partial charge in [0, 0.05) is 23.6 Å². The van der Waals surface area contributed by atoms with Crippen LogP contribution in [0.15, 0.2) is 24.4 Å². The lowest BCUT2D eigenvalue weighted by molar-refractivity contribution is 0.339. The van der Waals surface area contributed by atoms with E-state index in [0.29, 0.717) is 5.75 Å². The molecule has 0 spiro atoms. The van der Waals surface area contributed by atoms with Gasteiger partial charge < -0.3 is 15.0 Å². The molecule has 0 aliphatic rings. The number of rotatable bonds is 5. The summed E-state index contributed by atoms with van der Waals surface area (Å²) < 4.78 is 0. The number of likely N-dealkylation sites (N-methyl/N-ethyl adjacent to an activating group) is 1. The number of aromatic hydroxyl groups is 1. The summed E-state index contributed by atoms with van der Waals surface area (Å²) in [4.78, 5) is 5.52. The maximum atomic E-state index is 9.88. The highest BCUT2D eigenvalue weighted by molar-refractivity contribution is 5.88. The van der Waals surface area contributed by atoms with Crippen LogP contribution in [0.5, 0.6) is 5.75 Å². The van der Waals surface area contributed by atoms with Gasteiger partial charge >= 0.3 is 0 Å². The lowest BCUT2D eigenvalue weighted by atomic mass is 10.1. The SMILES string of the molecule is CCCN(C)CCc1c[nH]c2cccc(O)c12. The van der Waals surface area contributed by atoms with Crippen molar-refractivity contribution < 1.29 is 5.11 Å². The van der Waals surface area contributed by atoms with E-state index < -0.39 is 0 Å². The summed E-state index contributed by atoms with van der Waals surface area (Å²) >= 11 is 0. The third-order valence-electron chi connectivity index (χ3n) is 3.13. The number of hydrogen-bond acceptors (Lipinski definition) is 2. The normalized spacial score (nSPS) is 11.5. The van der Waals surface area contributed by atoms with Gasteiger partial charge in [0.25, 0.3) is 0 Å². The largest absolute Gasteiger partial charge is 0.507 e. The van der Waals surface area contributed by atoms with Gasteiger partial charge in [0.1, 0.15) is 5.75 Å². The van der Waals surface area contributed by atoms with Crippen LogP contribution in [0.1, 0.15) is 18.9 Å². The summed E-state index contributed by atoms with van der Waals surface area (Å²) in [6.07, 6.45) is 4.15. The summed E-state index contributed by atoms with van der Waals surface area (Å²) in [6, 6.07) is 5.60. The molecule has 1 heterocycles. The summed E-state index contributed by atoms with van der Waals surface area (Å²) in [5, 5.41) is 10.8. The molecule has 0 bridgehead atoms. The lowest BCUT2D eigenvalue weighted by Gasteiger charge is -2.14. The van der Waals surface area contributed by atoms with Crippen molar-refractivity contribution in [1.29, 1.82) is 0 Å². The highest BCUT2D eigenvalue weighted by atomic mass is 16.3. The van der Waals surface area contributed by atoms with Crippen LogP contribution >= 0.6 is 0 Å². The van der Waals surface area contributed by atoms with Crippen molar-refractivity contribution in [1.82, 2.24) is 9.88 Å². The molecule has 1 aromatic carbocycles. The topological polar surface area (TPSA) is 39.3 Å².